The largest absolute Gasteiger partial charge is 0.507 e. The number of rotatable bonds is 4. The predicted octanol–water partition coefficient (Wildman–Crippen LogP) is 2.08. The maximum atomic E-state index is 13.1. The second-order valence-corrected chi connectivity index (χ2v) is 4.74. The zero-order valence-corrected chi connectivity index (χ0v) is 10.9. The van der Waals surface area contributed by atoms with Crippen molar-refractivity contribution in [1.29, 1.82) is 0 Å². The highest BCUT2D eigenvalue weighted by Crippen LogP contribution is 2.23. The average molecular weight is 267 g/mol. The van der Waals surface area contributed by atoms with E-state index in [0.29, 0.717) is 13.2 Å². The van der Waals surface area contributed by atoms with Crippen LogP contribution in [0.2, 0.25) is 0 Å². The average Bonchev–Trinajstić information content (AvgIpc) is 2.86. The molecule has 1 aromatic carbocycles. The summed E-state index contributed by atoms with van der Waals surface area (Å²) in [6.45, 7) is 3.24. The molecule has 2 atom stereocenters. The summed E-state index contributed by atoms with van der Waals surface area (Å²) < 4.78 is 18.6. The van der Waals surface area contributed by atoms with Crippen molar-refractivity contribution in [3.05, 3.63) is 29.6 Å². The van der Waals surface area contributed by atoms with E-state index in [2.05, 4.69) is 5.32 Å². The maximum Gasteiger partial charge on any atom is 0.255 e. The first-order chi connectivity index (χ1) is 9.11. The van der Waals surface area contributed by atoms with Crippen LogP contribution in [0, 0.1) is 11.7 Å². The minimum Gasteiger partial charge on any atom is -0.507 e. The Balaban J connectivity index is 1.96. The van der Waals surface area contributed by atoms with Crippen LogP contribution in [0.3, 0.4) is 0 Å². The Hall–Kier alpha value is -1.62. The Kier molecular flexibility index (Phi) is 4.37. The number of hydrogen-bond acceptors (Lipinski definition) is 3. The van der Waals surface area contributed by atoms with Crippen LogP contribution in [-0.2, 0) is 4.74 Å². The van der Waals surface area contributed by atoms with Gasteiger partial charge in [0.2, 0.25) is 0 Å². The summed E-state index contributed by atoms with van der Waals surface area (Å²) in [5.74, 6) is -0.935. The van der Waals surface area contributed by atoms with Crippen molar-refractivity contribution >= 4 is 5.91 Å². The molecule has 1 aliphatic heterocycles. The molecule has 2 N–H and O–H groups in total. The molecule has 0 spiro atoms. The van der Waals surface area contributed by atoms with Gasteiger partial charge in [-0.05, 0) is 31.0 Å². The van der Waals surface area contributed by atoms with Crippen molar-refractivity contribution in [3.63, 3.8) is 0 Å². The van der Waals surface area contributed by atoms with Crippen LogP contribution < -0.4 is 5.32 Å². The molecule has 4 nitrogen and oxygen atoms in total. The predicted molar refractivity (Wildman–Crippen MR) is 68.5 cm³/mol. The molecule has 0 aromatic heterocycles. The molecule has 0 aliphatic carbocycles. The number of phenols is 1. The summed E-state index contributed by atoms with van der Waals surface area (Å²) in [7, 11) is 0. The van der Waals surface area contributed by atoms with Gasteiger partial charge in [-0.2, -0.15) is 0 Å². The lowest BCUT2D eigenvalue weighted by Gasteiger charge is -2.17. The van der Waals surface area contributed by atoms with Crippen LogP contribution in [0.5, 0.6) is 5.75 Å². The first-order valence-electron chi connectivity index (χ1n) is 6.50. The lowest BCUT2D eigenvalue weighted by atomic mass is 9.99. The Bertz CT molecular complexity index is 464. The second-order valence-electron chi connectivity index (χ2n) is 4.74. The molecule has 1 aliphatic rings. The topological polar surface area (TPSA) is 58.6 Å². The van der Waals surface area contributed by atoms with Gasteiger partial charge in [0.25, 0.3) is 5.91 Å². The lowest BCUT2D eigenvalue weighted by molar-refractivity contribution is 0.0826. The van der Waals surface area contributed by atoms with Crippen molar-refractivity contribution in [2.45, 2.75) is 25.9 Å². The fraction of sp³-hybridized carbons (Fsp3) is 0.500. The number of ether oxygens (including phenoxy) is 1. The van der Waals surface area contributed by atoms with Crippen LogP contribution in [0.25, 0.3) is 0 Å². The summed E-state index contributed by atoms with van der Waals surface area (Å²) in [4.78, 5) is 11.9. The summed E-state index contributed by atoms with van der Waals surface area (Å²) in [6.07, 6.45) is 1.99. The molecule has 1 saturated heterocycles. The quantitative estimate of drug-likeness (QED) is 0.878. The number of phenolic OH excluding ortho intramolecular Hbond substituents is 1. The van der Waals surface area contributed by atoms with Gasteiger partial charge in [-0.25, -0.2) is 4.39 Å². The molecule has 2 rings (SSSR count). The summed E-state index contributed by atoms with van der Waals surface area (Å²) in [5.41, 5.74) is -0.0352. The van der Waals surface area contributed by atoms with Gasteiger partial charge >= 0.3 is 0 Å². The van der Waals surface area contributed by atoms with Gasteiger partial charge in [-0.3, -0.25) is 4.79 Å². The Morgan fingerprint density at radius 1 is 1.58 bits per heavy atom. The minimum absolute atomic E-state index is 0.0352. The third-order valence-electron chi connectivity index (χ3n) is 3.48. The van der Waals surface area contributed by atoms with Gasteiger partial charge in [-0.15, -0.1) is 0 Å². The highest BCUT2D eigenvalue weighted by atomic mass is 19.1. The number of carbonyl (C=O) groups excluding carboxylic acids is 1. The molecule has 0 saturated carbocycles. The molecule has 1 heterocycles. The van der Waals surface area contributed by atoms with E-state index >= 15 is 0 Å². The monoisotopic (exact) mass is 267 g/mol. The van der Waals surface area contributed by atoms with Gasteiger partial charge in [0.05, 0.1) is 11.7 Å². The number of aromatic hydroxyl groups is 1. The summed E-state index contributed by atoms with van der Waals surface area (Å²) in [5, 5.41) is 12.3. The zero-order valence-electron chi connectivity index (χ0n) is 10.9. The normalized spacial score (nSPS) is 22.4. The standard InChI is InChI=1S/C14H18FNO3/c1-2-13-9(5-6-19-13)8-16-14(18)11-7-10(15)3-4-12(11)17/h3-4,7,9,13,17H,2,5-6,8H2,1H3,(H,16,18). The number of halogens is 1. The minimum atomic E-state index is -0.543. The molecule has 0 bridgehead atoms. The Morgan fingerprint density at radius 3 is 3.11 bits per heavy atom. The zero-order chi connectivity index (χ0) is 13.8. The lowest BCUT2D eigenvalue weighted by Crippen LogP contribution is -2.32. The fourth-order valence-electron chi connectivity index (χ4n) is 2.39. The van der Waals surface area contributed by atoms with Gasteiger partial charge in [0.1, 0.15) is 11.6 Å². The molecule has 2 unspecified atom stereocenters. The molecule has 1 aromatic rings. The van der Waals surface area contributed by atoms with Crippen molar-refractivity contribution in [3.8, 4) is 5.75 Å². The van der Waals surface area contributed by atoms with Crippen molar-refractivity contribution < 1.29 is 19.0 Å². The SMILES string of the molecule is CCC1OCCC1CNC(=O)c1cc(F)ccc1O. The van der Waals surface area contributed by atoms with Crippen molar-refractivity contribution in [2.75, 3.05) is 13.2 Å². The van der Waals surface area contributed by atoms with Gasteiger partial charge < -0.3 is 15.2 Å². The van der Waals surface area contributed by atoms with Crippen LogP contribution in [0.15, 0.2) is 18.2 Å². The van der Waals surface area contributed by atoms with Gasteiger partial charge in [0, 0.05) is 19.1 Å². The highest BCUT2D eigenvalue weighted by Gasteiger charge is 2.27. The van der Waals surface area contributed by atoms with E-state index in [1.807, 2.05) is 6.92 Å². The van der Waals surface area contributed by atoms with Crippen LogP contribution in [0.4, 0.5) is 4.39 Å². The molecule has 104 valence electrons. The van der Waals surface area contributed by atoms with Gasteiger partial charge in [0.15, 0.2) is 0 Å². The number of hydrogen-bond donors (Lipinski definition) is 2. The number of amides is 1. The first kappa shape index (κ1) is 13.8. The molecule has 1 amide bonds. The molecule has 5 heteroatoms. The third kappa shape index (κ3) is 3.23. The van der Waals surface area contributed by atoms with E-state index in [0.717, 1.165) is 25.0 Å². The van der Waals surface area contributed by atoms with E-state index < -0.39 is 11.7 Å². The van der Waals surface area contributed by atoms with E-state index in [4.69, 9.17) is 4.74 Å². The second kappa shape index (κ2) is 6.02. The van der Waals surface area contributed by atoms with Crippen molar-refractivity contribution in [2.24, 2.45) is 5.92 Å². The van der Waals surface area contributed by atoms with Crippen LogP contribution in [-0.4, -0.2) is 30.3 Å². The van der Waals surface area contributed by atoms with E-state index in [-0.39, 0.29) is 23.3 Å². The Labute approximate surface area is 111 Å². The van der Waals surface area contributed by atoms with E-state index in [1.54, 1.807) is 0 Å². The molecular weight excluding hydrogens is 249 g/mol. The smallest absolute Gasteiger partial charge is 0.255 e. The maximum absolute atomic E-state index is 13.1. The first-order valence-corrected chi connectivity index (χ1v) is 6.50. The fourth-order valence-corrected chi connectivity index (χ4v) is 2.39. The summed E-state index contributed by atoms with van der Waals surface area (Å²) >= 11 is 0. The Morgan fingerprint density at radius 2 is 2.37 bits per heavy atom. The molecular formula is C14H18FNO3. The number of benzene rings is 1. The van der Waals surface area contributed by atoms with Crippen LogP contribution in [0.1, 0.15) is 30.1 Å². The van der Waals surface area contributed by atoms with Gasteiger partial charge in [-0.1, -0.05) is 6.92 Å². The van der Waals surface area contributed by atoms with E-state index in [1.165, 1.54) is 6.07 Å². The van der Waals surface area contributed by atoms with Crippen LogP contribution >= 0.6 is 0 Å². The molecule has 1 fully saturated rings. The van der Waals surface area contributed by atoms with Crippen molar-refractivity contribution in [1.82, 2.24) is 5.32 Å². The number of carbonyl (C=O) groups is 1. The molecule has 0 radical (unpaired) electrons. The molecule has 19 heavy (non-hydrogen) atoms. The van der Waals surface area contributed by atoms with E-state index in [9.17, 15) is 14.3 Å². The summed E-state index contributed by atoms with van der Waals surface area (Å²) in [6, 6.07) is 3.33. The highest BCUT2D eigenvalue weighted by molar-refractivity contribution is 5.96. The third-order valence-corrected chi connectivity index (χ3v) is 3.48. The number of nitrogens with one attached hydrogen (secondary N) is 1.